The smallest absolute Gasteiger partial charge is 0.211 e. The minimum Gasteiger partial charge on any atom is -0.495 e. The van der Waals surface area contributed by atoms with Gasteiger partial charge in [0.05, 0.1) is 39.1 Å². The van der Waals surface area contributed by atoms with Crippen LogP contribution in [0.2, 0.25) is 16.6 Å². The largest absolute Gasteiger partial charge is 0.495 e. The van der Waals surface area contributed by atoms with Crippen LogP contribution in [0.15, 0.2) is 89.8 Å². The highest BCUT2D eigenvalue weighted by Gasteiger charge is 2.61. The molecule has 53 heavy (non-hydrogen) atoms. The van der Waals surface area contributed by atoms with Crippen LogP contribution in [0.25, 0.3) is 0 Å². The maximum atomic E-state index is 14.9. The molecule has 0 unspecified atom stereocenters. The second kappa shape index (κ2) is 17.0. The fraction of sp³-hybridized carbons (Fsp3) is 0.571. The summed E-state index contributed by atoms with van der Waals surface area (Å²) in [5, 5.41) is 0. The van der Waals surface area contributed by atoms with Crippen molar-refractivity contribution in [1.29, 1.82) is 0 Å². The van der Waals surface area contributed by atoms with Gasteiger partial charge >= 0.3 is 0 Å². The summed E-state index contributed by atoms with van der Waals surface area (Å²) in [6, 6.07) is 26.6. The molecule has 3 fully saturated rings. The summed E-state index contributed by atoms with van der Waals surface area (Å²) in [5.41, 5.74) is 1.36. The first-order valence-corrected chi connectivity index (χ1v) is 22.9. The summed E-state index contributed by atoms with van der Waals surface area (Å²) >= 11 is 0. The van der Waals surface area contributed by atoms with Crippen LogP contribution >= 0.6 is 0 Å². The first kappa shape index (κ1) is 40.1. The van der Waals surface area contributed by atoms with Gasteiger partial charge in [-0.05, 0) is 52.7 Å². The predicted molar refractivity (Wildman–Crippen MR) is 207 cm³/mol. The van der Waals surface area contributed by atoms with Crippen molar-refractivity contribution in [2.75, 3.05) is 13.7 Å². The number of fused-ring (bicyclic) bond motifs is 1. The van der Waals surface area contributed by atoms with Gasteiger partial charge in [-0.2, -0.15) is 0 Å². The Morgan fingerprint density at radius 1 is 0.755 bits per heavy atom. The highest BCUT2D eigenvalue weighted by atomic mass is 32.2. The molecule has 0 amide bonds. The number of rotatable bonds is 15. The minimum atomic E-state index is -4.17. The van der Waals surface area contributed by atoms with Crippen LogP contribution < -0.4 is 4.74 Å². The van der Waals surface area contributed by atoms with Gasteiger partial charge in [-0.25, -0.2) is 8.42 Å². The molecule has 0 aliphatic carbocycles. The van der Waals surface area contributed by atoms with Gasteiger partial charge in [-0.3, -0.25) is 0 Å². The molecule has 3 heterocycles. The first-order chi connectivity index (χ1) is 25.4. The van der Waals surface area contributed by atoms with Gasteiger partial charge in [0.25, 0.3) is 0 Å². The molecule has 3 aliphatic rings. The van der Waals surface area contributed by atoms with Crippen LogP contribution in [0.4, 0.5) is 0 Å². The summed E-state index contributed by atoms with van der Waals surface area (Å²) in [4.78, 5) is 0.0590. The zero-order valence-electron chi connectivity index (χ0n) is 32.3. The van der Waals surface area contributed by atoms with Crippen LogP contribution in [0.1, 0.15) is 78.4 Å². The molecule has 0 bridgehead atoms. The van der Waals surface area contributed by atoms with E-state index in [0.717, 1.165) is 17.5 Å². The Morgan fingerprint density at radius 3 is 1.96 bits per heavy atom. The van der Waals surface area contributed by atoms with E-state index in [1.54, 1.807) is 24.3 Å². The molecule has 3 aliphatic heterocycles. The molecule has 3 aromatic carbocycles. The molecule has 11 heteroatoms. The quantitative estimate of drug-likeness (QED) is 0.141. The van der Waals surface area contributed by atoms with Crippen LogP contribution in [0, 0.1) is 0 Å². The molecule has 1 spiro atoms. The van der Waals surface area contributed by atoms with Gasteiger partial charge in [0, 0.05) is 12.8 Å². The summed E-state index contributed by atoms with van der Waals surface area (Å²) in [6.45, 7) is 14.5. The Hall–Kier alpha value is -2.61. The zero-order valence-corrected chi connectivity index (χ0v) is 34.1. The lowest BCUT2D eigenvalue weighted by molar-refractivity contribution is -0.337. The van der Waals surface area contributed by atoms with Crippen molar-refractivity contribution >= 4 is 18.2 Å². The van der Waals surface area contributed by atoms with E-state index < -0.39 is 53.8 Å². The molecule has 3 saturated heterocycles. The summed E-state index contributed by atoms with van der Waals surface area (Å²) in [5.74, 6) is -0.602. The van der Waals surface area contributed by atoms with Gasteiger partial charge < -0.3 is 32.8 Å². The van der Waals surface area contributed by atoms with E-state index in [1.807, 2.05) is 48.5 Å². The average molecular weight is 767 g/mol. The van der Waals surface area contributed by atoms with Gasteiger partial charge in [0.1, 0.15) is 29.0 Å². The Bertz CT molecular complexity index is 1700. The Morgan fingerprint density at radius 2 is 1.34 bits per heavy atom. The molecule has 7 atom stereocenters. The maximum Gasteiger partial charge on any atom is 0.211 e. The summed E-state index contributed by atoms with van der Waals surface area (Å²) < 4.78 is 76.4. The predicted octanol–water partition coefficient (Wildman–Crippen LogP) is 8.61. The van der Waals surface area contributed by atoms with Crippen molar-refractivity contribution in [1.82, 2.24) is 0 Å². The third-order valence-corrected chi connectivity index (χ3v) is 19.4. The van der Waals surface area contributed by atoms with E-state index in [4.69, 9.17) is 32.8 Å². The van der Waals surface area contributed by atoms with Crippen molar-refractivity contribution < 1.29 is 41.3 Å². The van der Waals surface area contributed by atoms with Crippen LogP contribution in [-0.2, 0) is 51.2 Å². The van der Waals surface area contributed by atoms with Crippen molar-refractivity contribution in [3.05, 3.63) is 96.1 Å². The van der Waals surface area contributed by atoms with Crippen molar-refractivity contribution in [2.45, 2.75) is 144 Å². The second-order valence-electron chi connectivity index (χ2n) is 15.7. The van der Waals surface area contributed by atoms with E-state index >= 15 is 0 Å². The van der Waals surface area contributed by atoms with E-state index in [9.17, 15) is 8.42 Å². The summed E-state index contributed by atoms with van der Waals surface area (Å²) in [6.07, 6.45) is -0.483. The second-order valence-corrected chi connectivity index (χ2v) is 23.1. The van der Waals surface area contributed by atoms with Crippen molar-refractivity contribution in [3.63, 3.8) is 0 Å². The van der Waals surface area contributed by atoms with E-state index in [-0.39, 0.29) is 40.0 Å². The molecule has 0 saturated carbocycles. The Balaban J connectivity index is 1.36. The Kier molecular flexibility index (Phi) is 12.9. The minimum absolute atomic E-state index is 0.0590. The third-order valence-electron chi connectivity index (χ3n) is 11.4. The SMILES string of the molecule is COc1ccccc1S(=O)(=O)[C@H]1O[C@@H]2CC[C@]3(CC[C@@H](COCc4ccccc4)O3)O[C@H]2[C@H](O[Si](C(C)C)(C(C)C)C(C)C)[C@@H]1OCc1ccccc1. The molecule has 9 nitrogen and oxygen atoms in total. The van der Waals surface area contributed by atoms with Gasteiger partial charge in [0.2, 0.25) is 18.2 Å². The average Bonchev–Trinajstić information content (AvgIpc) is 3.54. The number of sulfone groups is 1. The topological polar surface area (TPSA) is 98.8 Å². The van der Waals surface area contributed by atoms with E-state index in [0.29, 0.717) is 32.5 Å². The standard InChI is InChI=1S/C42H58O9SSi/c1-29(2)53(30(3)4,31(5)6)51-39-38-36(23-25-42(50-38)24-22-34(49-42)28-46-26-32-16-10-8-11-17-32)48-41(40(39)47-27-33-18-12-9-13-19-33)52(43,44)37-21-15-14-20-35(37)45-7/h8-21,29-31,34,36,38-41H,22-28H2,1-7H3/t34-,36+,38+,39-,40-,41+,42-/m0/s1. The molecule has 6 rings (SSSR count). The molecule has 0 N–H and O–H groups in total. The first-order valence-electron chi connectivity index (χ1n) is 19.2. The number of ether oxygens (including phenoxy) is 6. The lowest BCUT2D eigenvalue weighted by Gasteiger charge is -2.55. The third kappa shape index (κ3) is 8.48. The molecule has 290 valence electrons. The van der Waals surface area contributed by atoms with Crippen LogP contribution in [0.5, 0.6) is 5.75 Å². The van der Waals surface area contributed by atoms with Crippen molar-refractivity contribution in [3.8, 4) is 5.75 Å². The van der Waals surface area contributed by atoms with Gasteiger partial charge in [-0.15, -0.1) is 0 Å². The number of para-hydroxylation sites is 1. The molecular formula is C42H58O9SSi. The Labute approximate surface area is 317 Å². The number of hydrogen-bond donors (Lipinski definition) is 0. The molecule has 3 aromatic rings. The zero-order chi connectivity index (χ0) is 37.8. The summed E-state index contributed by atoms with van der Waals surface area (Å²) in [7, 11) is -5.33. The maximum absolute atomic E-state index is 14.9. The normalized spacial score (nSPS) is 27.8. The highest BCUT2D eigenvalue weighted by Crippen LogP contribution is 2.50. The van der Waals surface area contributed by atoms with E-state index in [2.05, 4.69) is 53.7 Å². The fourth-order valence-electron chi connectivity index (χ4n) is 8.94. The lowest BCUT2D eigenvalue weighted by atomic mass is 9.90. The molecular weight excluding hydrogens is 709 g/mol. The molecule has 0 radical (unpaired) electrons. The van der Waals surface area contributed by atoms with Gasteiger partial charge in [-0.1, -0.05) is 114 Å². The van der Waals surface area contributed by atoms with Crippen LogP contribution in [0.3, 0.4) is 0 Å². The van der Waals surface area contributed by atoms with Crippen molar-refractivity contribution in [2.24, 2.45) is 0 Å². The highest BCUT2D eigenvalue weighted by molar-refractivity contribution is 7.92. The number of benzene rings is 3. The molecule has 0 aromatic heterocycles. The monoisotopic (exact) mass is 766 g/mol. The lowest BCUT2D eigenvalue weighted by Crippen LogP contribution is -2.68. The fourth-order valence-corrected chi connectivity index (χ4v) is 16.3. The van der Waals surface area contributed by atoms with Gasteiger partial charge in [0.15, 0.2) is 11.2 Å². The number of methoxy groups -OCH3 is 1. The van der Waals surface area contributed by atoms with Crippen LogP contribution in [-0.4, -0.2) is 72.2 Å². The van der Waals surface area contributed by atoms with E-state index in [1.165, 1.54) is 7.11 Å². The number of hydrogen-bond acceptors (Lipinski definition) is 9.